The van der Waals surface area contributed by atoms with Crippen LogP contribution >= 0.6 is 0 Å². The number of amides is 1. The molecular weight excluding hydrogens is 256 g/mol. The number of aliphatic hydroxyl groups is 1. The first-order valence-corrected chi connectivity index (χ1v) is 8.02. The Morgan fingerprint density at radius 1 is 1.39 bits per heavy atom. The first-order chi connectivity index (χ1) is 8.48. The van der Waals surface area contributed by atoms with Crippen LogP contribution < -0.4 is 4.72 Å². The van der Waals surface area contributed by atoms with Crippen LogP contribution in [0.5, 0.6) is 0 Å². The number of rotatable bonds is 6. The predicted molar refractivity (Wildman–Crippen MR) is 68.5 cm³/mol. The van der Waals surface area contributed by atoms with Gasteiger partial charge in [-0.1, -0.05) is 0 Å². The van der Waals surface area contributed by atoms with Crippen LogP contribution in [-0.4, -0.2) is 55.8 Å². The molecule has 0 aliphatic carbocycles. The van der Waals surface area contributed by atoms with Crippen molar-refractivity contribution in [3.8, 4) is 0 Å². The average Bonchev–Trinajstić information content (AvgIpc) is 2.36. The lowest BCUT2D eigenvalue weighted by Crippen LogP contribution is -2.46. The summed E-state index contributed by atoms with van der Waals surface area (Å²) in [6.45, 7) is 2.80. The number of likely N-dealkylation sites (tertiary alicyclic amines) is 1. The van der Waals surface area contributed by atoms with Crippen molar-refractivity contribution in [1.29, 1.82) is 0 Å². The van der Waals surface area contributed by atoms with Crippen molar-refractivity contribution >= 4 is 15.9 Å². The zero-order chi connectivity index (χ0) is 13.6. The lowest BCUT2D eigenvalue weighted by atomic mass is 10.1. The van der Waals surface area contributed by atoms with Crippen LogP contribution in [0, 0.1) is 0 Å². The number of hydrogen-bond acceptors (Lipinski definition) is 4. The number of nitrogens with zero attached hydrogens (tertiary/aromatic N) is 1. The summed E-state index contributed by atoms with van der Waals surface area (Å²) in [5.74, 6) is 0.128. The van der Waals surface area contributed by atoms with Crippen LogP contribution in [0.25, 0.3) is 0 Å². The third-order valence-electron chi connectivity index (χ3n) is 3.12. The number of carbonyl (C=O) groups is 1. The Hall–Kier alpha value is -0.660. The van der Waals surface area contributed by atoms with Crippen molar-refractivity contribution in [2.45, 2.75) is 38.6 Å². The lowest BCUT2D eigenvalue weighted by Gasteiger charge is -2.32. The van der Waals surface area contributed by atoms with Crippen LogP contribution in [0.3, 0.4) is 0 Å². The van der Waals surface area contributed by atoms with Gasteiger partial charge in [-0.05, 0) is 26.2 Å². The maximum atomic E-state index is 11.7. The molecule has 0 atom stereocenters. The molecule has 0 aromatic heterocycles. The molecule has 1 rings (SSSR count). The summed E-state index contributed by atoms with van der Waals surface area (Å²) in [5, 5.41) is 8.66. The number of sulfonamides is 1. The minimum atomic E-state index is -3.16. The highest BCUT2D eigenvalue weighted by molar-refractivity contribution is 7.89. The van der Waals surface area contributed by atoms with Crippen molar-refractivity contribution in [2.75, 3.05) is 25.4 Å². The van der Waals surface area contributed by atoms with E-state index in [0.717, 1.165) is 0 Å². The van der Waals surface area contributed by atoms with Gasteiger partial charge in [0.1, 0.15) is 0 Å². The van der Waals surface area contributed by atoms with E-state index in [9.17, 15) is 13.2 Å². The van der Waals surface area contributed by atoms with Crippen LogP contribution in [0.4, 0.5) is 0 Å². The molecule has 0 aromatic rings. The molecule has 1 aliphatic rings. The van der Waals surface area contributed by atoms with Crippen LogP contribution in [0.1, 0.15) is 32.6 Å². The molecule has 7 heteroatoms. The number of aliphatic hydroxyl groups excluding tert-OH is 1. The van der Waals surface area contributed by atoms with E-state index in [0.29, 0.717) is 38.8 Å². The maximum Gasteiger partial charge on any atom is 0.222 e. The highest BCUT2D eigenvalue weighted by Gasteiger charge is 2.24. The largest absolute Gasteiger partial charge is 0.396 e. The van der Waals surface area contributed by atoms with E-state index in [1.54, 1.807) is 11.8 Å². The minimum absolute atomic E-state index is 0.0263. The number of carbonyl (C=O) groups excluding carboxylic acids is 1. The monoisotopic (exact) mass is 278 g/mol. The van der Waals surface area contributed by atoms with E-state index in [1.165, 1.54) is 0 Å². The number of piperidine rings is 1. The molecule has 6 nitrogen and oxygen atoms in total. The molecule has 1 amide bonds. The molecule has 2 N–H and O–H groups in total. The quantitative estimate of drug-likeness (QED) is 0.698. The molecule has 106 valence electrons. The van der Waals surface area contributed by atoms with Crippen molar-refractivity contribution in [1.82, 2.24) is 9.62 Å². The molecule has 0 radical (unpaired) electrons. The molecule has 1 heterocycles. The summed E-state index contributed by atoms with van der Waals surface area (Å²) in [5.41, 5.74) is 0. The molecule has 1 saturated heterocycles. The Kier molecular flexibility index (Phi) is 6.04. The summed E-state index contributed by atoms with van der Waals surface area (Å²) in [4.78, 5) is 13.4. The molecule has 0 aromatic carbocycles. The van der Waals surface area contributed by atoms with Crippen molar-refractivity contribution in [3.05, 3.63) is 0 Å². The van der Waals surface area contributed by atoms with Gasteiger partial charge in [0.2, 0.25) is 15.9 Å². The number of hydrogen-bond donors (Lipinski definition) is 2. The minimum Gasteiger partial charge on any atom is -0.396 e. The number of nitrogens with one attached hydrogen (secondary N) is 1. The smallest absolute Gasteiger partial charge is 0.222 e. The molecule has 0 unspecified atom stereocenters. The average molecular weight is 278 g/mol. The summed E-state index contributed by atoms with van der Waals surface area (Å²) in [6, 6.07) is -0.0585. The lowest BCUT2D eigenvalue weighted by molar-refractivity contribution is -0.132. The second-order valence-corrected chi connectivity index (χ2v) is 6.55. The van der Waals surface area contributed by atoms with Gasteiger partial charge in [0.05, 0.1) is 5.75 Å². The molecule has 18 heavy (non-hydrogen) atoms. The van der Waals surface area contributed by atoms with Crippen LogP contribution in [0.2, 0.25) is 0 Å². The summed E-state index contributed by atoms with van der Waals surface area (Å²) >= 11 is 0. The van der Waals surface area contributed by atoms with Gasteiger partial charge in [0.25, 0.3) is 0 Å². The third-order valence-corrected chi connectivity index (χ3v) is 4.58. The van der Waals surface area contributed by atoms with Gasteiger partial charge in [-0.3, -0.25) is 4.79 Å². The fraction of sp³-hybridized carbons (Fsp3) is 0.909. The van der Waals surface area contributed by atoms with Crippen LogP contribution in [0.15, 0.2) is 0 Å². The van der Waals surface area contributed by atoms with Gasteiger partial charge in [-0.2, -0.15) is 0 Å². The SMILES string of the molecule is CCS(=O)(=O)NC1CCN(C(=O)CCCO)CC1. The Labute approximate surface area is 108 Å². The Bertz CT molecular complexity index is 361. The van der Waals surface area contributed by atoms with E-state index < -0.39 is 10.0 Å². The van der Waals surface area contributed by atoms with Gasteiger partial charge in [0.15, 0.2) is 0 Å². The summed E-state index contributed by atoms with van der Waals surface area (Å²) < 4.78 is 25.5. The van der Waals surface area contributed by atoms with Crippen molar-refractivity contribution in [2.24, 2.45) is 0 Å². The predicted octanol–water partition coefficient (Wildman–Crippen LogP) is -0.311. The zero-order valence-corrected chi connectivity index (χ0v) is 11.6. The van der Waals surface area contributed by atoms with Gasteiger partial charge in [-0.15, -0.1) is 0 Å². The molecular formula is C11H22N2O4S. The molecule has 0 saturated carbocycles. The standard InChI is InChI=1S/C11H22N2O4S/c1-2-18(16,17)12-10-5-7-13(8-6-10)11(15)4-3-9-14/h10,12,14H,2-9H2,1H3. The first-order valence-electron chi connectivity index (χ1n) is 6.37. The highest BCUT2D eigenvalue weighted by Crippen LogP contribution is 2.13. The van der Waals surface area contributed by atoms with Crippen molar-refractivity contribution in [3.63, 3.8) is 0 Å². The van der Waals surface area contributed by atoms with Crippen LogP contribution in [-0.2, 0) is 14.8 Å². The van der Waals surface area contributed by atoms with Gasteiger partial charge < -0.3 is 10.0 Å². The Balaban J connectivity index is 2.35. The van der Waals surface area contributed by atoms with Crippen molar-refractivity contribution < 1.29 is 18.3 Å². The summed E-state index contributed by atoms with van der Waals surface area (Å²) in [6.07, 6.45) is 2.16. The second kappa shape index (κ2) is 7.06. The normalized spacial score (nSPS) is 18.0. The van der Waals surface area contributed by atoms with E-state index >= 15 is 0 Å². The first kappa shape index (κ1) is 15.4. The molecule has 0 bridgehead atoms. The van der Waals surface area contributed by atoms with E-state index in [4.69, 9.17) is 5.11 Å². The van der Waals surface area contributed by atoms with E-state index in [1.807, 2.05) is 0 Å². The zero-order valence-electron chi connectivity index (χ0n) is 10.8. The topological polar surface area (TPSA) is 86.7 Å². The second-order valence-electron chi connectivity index (χ2n) is 4.50. The maximum absolute atomic E-state index is 11.7. The molecule has 1 aliphatic heterocycles. The third kappa shape index (κ3) is 4.91. The fourth-order valence-electron chi connectivity index (χ4n) is 1.97. The Morgan fingerprint density at radius 3 is 2.50 bits per heavy atom. The van der Waals surface area contributed by atoms with Gasteiger partial charge in [0, 0.05) is 32.2 Å². The molecule has 0 spiro atoms. The van der Waals surface area contributed by atoms with Gasteiger partial charge in [-0.25, -0.2) is 13.1 Å². The summed E-state index contributed by atoms with van der Waals surface area (Å²) in [7, 11) is -3.16. The van der Waals surface area contributed by atoms with E-state index in [-0.39, 0.29) is 24.3 Å². The Morgan fingerprint density at radius 2 is 2.00 bits per heavy atom. The molecule has 1 fully saturated rings. The van der Waals surface area contributed by atoms with E-state index in [2.05, 4.69) is 4.72 Å². The highest BCUT2D eigenvalue weighted by atomic mass is 32.2. The fourth-order valence-corrected chi connectivity index (χ4v) is 2.88. The van der Waals surface area contributed by atoms with Gasteiger partial charge >= 0.3 is 0 Å².